The Hall–Kier alpha value is -1.43. The number of imide groups is 1. The van der Waals surface area contributed by atoms with E-state index in [0.717, 1.165) is 48.7 Å². The summed E-state index contributed by atoms with van der Waals surface area (Å²) in [6.45, 7) is 0.380. The van der Waals surface area contributed by atoms with Gasteiger partial charge in [-0.3, -0.25) is 15.1 Å². The number of carbonyl (C=O) groups is 2. The maximum atomic E-state index is 12.4. The molecule has 1 N–H and O–H groups in total. The monoisotopic (exact) mass is 351 g/mol. The minimum atomic E-state index is -0.664. The van der Waals surface area contributed by atoms with Gasteiger partial charge in [0.15, 0.2) is 0 Å². The molecule has 1 aliphatic carbocycles. The van der Waals surface area contributed by atoms with E-state index < -0.39 is 5.54 Å². The summed E-state index contributed by atoms with van der Waals surface area (Å²) in [7, 11) is 0. The molecule has 5 nitrogen and oxygen atoms in total. The molecular weight excluding hydrogens is 334 g/mol. The lowest BCUT2D eigenvalue weighted by atomic mass is 9.88. The zero-order valence-corrected chi connectivity index (χ0v) is 13.4. The first-order chi connectivity index (χ1) is 10.1. The molecule has 0 unspecified atom stereocenters. The van der Waals surface area contributed by atoms with Gasteiger partial charge in [0, 0.05) is 10.7 Å². The van der Waals surface area contributed by atoms with Crippen LogP contribution in [-0.4, -0.2) is 27.4 Å². The van der Waals surface area contributed by atoms with Crippen LogP contribution in [0.4, 0.5) is 4.79 Å². The molecule has 3 rings (SSSR count). The van der Waals surface area contributed by atoms with Gasteiger partial charge in [-0.2, -0.15) is 0 Å². The Kier molecular flexibility index (Phi) is 3.97. The second kappa shape index (κ2) is 5.75. The lowest BCUT2D eigenvalue weighted by molar-refractivity contribution is -0.127. The van der Waals surface area contributed by atoms with Crippen LogP contribution in [0.15, 0.2) is 22.8 Å². The molecule has 0 aromatic carbocycles. The summed E-state index contributed by atoms with van der Waals surface area (Å²) >= 11 is 3.35. The van der Waals surface area contributed by atoms with Crippen LogP contribution < -0.4 is 5.32 Å². The molecule has 2 heterocycles. The van der Waals surface area contributed by atoms with Crippen LogP contribution >= 0.6 is 15.9 Å². The van der Waals surface area contributed by atoms with Crippen molar-refractivity contribution in [1.82, 2.24) is 15.2 Å². The Morgan fingerprint density at radius 1 is 1.19 bits per heavy atom. The van der Waals surface area contributed by atoms with Crippen molar-refractivity contribution in [2.45, 2.75) is 50.6 Å². The molecule has 0 radical (unpaired) electrons. The minimum absolute atomic E-state index is 0.133. The molecule has 1 aliphatic heterocycles. The number of halogens is 1. The quantitative estimate of drug-likeness (QED) is 0.833. The molecular formula is C15H18BrN3O2. The van der Waals surface area contributed by atoms with E-state index >= 15 is 0 Å². The topological polar surface area (TPSA) is 62.3 Å². The van der Waals surface area contributed by atoms with Crippen molar-refractivity contribution < 1.29 is 9.59 Å². The van der Waals surface area contributed by atoms with Gasteiger partial charge in [-0.15, -0.1) is 0 Å². The Labute approximate surface area is 132 Å². The second-order valence-corrected chi connectivity index (χ2v) is 6.67. The zero-order valence-electron chi connectivity index (χ0n) is 11.8. The van der Waals surface area contributed by atoms with Crippen LogP contribution in [0.3, 0.4) is 0 Å². The SMILES string of the molecule is O=C1NC(=O)C2(CCCCCC2)N1Cc1ccc(Br)cn1. The smallest absolute Gasteiger partial charge is 0.304 e. The summed E-state index contributed by atoms with van der Waals surface area (Å²) in [5.41, 5.74) is 0.133. The molecule has 1 aromatic rings. The molecule has 1 aromatic heterocycles. The second-order valence-electron chi connectivity index (χ2n) is 5.76. The summed E-state index contributed by atoms with van der Waals surface area (Å²) in [4.78, 5) is 30.6. The third-order valence-corrected chi connectivity index (χ3v) is 4.91. The normalized spacial score (nSPS) is 21.5. The largest absolute Gasteiger partial charge is 0.325 e. The Bertz CT molecular complexity index is 551. The zero-order chi connectivity index (χ0) is 14.9. The summed E-state index contributed by atoms with van der Waals surface area (Å²) in [5.74, 6) is -0.133. The van der Waals surface area contributed by atoms with E-state index in [1.165, 1.54) is 0 Å². The highest BCUT2D eigenvalue weighted by atomic mass is 79.9. The molecule has 1 spiro atoms. The Morgan fingerprint density at radius 3 is 2.52 bits per heavy atom. The number of aromatic nitrogens is 1. The molecule has 3 amide bonds. The first kappa shape index (κ1) is 14.5. The van der Waals surface area contributed by atoms with E-state index in [1.54, 1.807) is 11.1 Å². The van der Waals surface area contributed by atoms with Crippen molar-refractivity contribution in [3.63, 3.8) is 0 Å². The molecule has 0 bridgehead atoms. The first-order valence-corrected chi connectivity index (χ1v) is 8.15. The summed E-state index contributed by atoms with van der Waals surface area (Å²) < 4.78 is 0.900. The molecule has 112 valence electrons. The third-order valence-electron chi connectivity index (χ3n) is 4.44. The van der Waals surface area contributed by atoms with Crippen LogP contribution in [0, 0.1) is 0 Å². The van der Waals surface area contributed by atoms with E-state index in [9.17, 15) is 9.59 Å². The van der Waals surface area contributed by atoms with Gasteiger partial charge in [0.25, 0.3) is 5.91 Å². The standard InChI is InChI=1S/C15H18BrN3O2/c16-11-5-6-12(17-9-11)10-19-14(21)18-13(20)15(19)7-3-1-2-4-8-15/h5-6,9H,1-4,7-8,10H2,(H,18,20,21). The number of pyridine rings is 1. The number of nitrogens with zero attached hydrogens (tertiary/aromatic N) is 2. The van der Waals surface area contributed by atoms with E-state index in [2.05, 4.69) is 26.2 Å². The van der Waals surface area contributed by atoms with Crippen LogP contribution in [0.1, 0.15) is 44.2 Å². The molecule has 1 saturated carbocycles. The number of nitrogens with one attached hydrogen (secondary N) is 1. The highest BCUT2D eigenvalue weighted by molar-refractivity contribution is 9.10. The van der Waals surface area contributed by atoms with Crippen molar-refractivity contribution in [3.8, 4) is 0 Å². The van der Waals surface area contributed by atoms with Crippen LogP contribution in [0.5, 0.6) is 0 Å². The van der Waals surface area contributed by atoms with Crippen molar-refractivity contribution in [2.75, 3.05) is 0 Å². The van der Waals surface area contributed by atoms with Crippen molar-refractivity contribution >= 4 is 27.9 Å². The molecule has 0 atom stereocenters. The molecule has 2 fully saturated rings. The summed E-state index contributed by atoms with van der Waals surface area (Å²) in [6, 6.07) is 3.49. The lowest BCUT2D eigenvalue weighted by Gasteiger charge is -2.34. The first-order valence-electron chi connectivity index (χ1n) is 7.35. The van der Waals surface area contributed by atoms with E-state index in [-0.39, 0.29) is 11.9 Å². The van der Waals surface area contributed by atoms with Crippen molar-refractivity contribution in [3.05, 3.63) is 28.5 Å². The highest BCUT2D eigenvalue weighted by Gasteiger charge is 2.52. The number of hydrogen-bond acceptors (Lipinski definition) is 3. The summed E-state index contributed by atoms with van der Waals surface area (Å²) in [5, 5.41) is 2.50. The van der Waals surface area contributed by atoms with Gasteiger partial charge in [-0.1, -0.05) is 25.7 Å². The highest BCUT2D eigenvalue weighted by Crippen LogP contribution is 2.36. The van der Waals surface area contributed by atoms with Gasteiger partial charge in [0.05, 0.1) is 12.2 Å². The van der Waals surface area contributed by atoms with Gasteiger partial charge in [0.1, 0.15) is 5.54 Å². The van der Waals surface area contributed by atoms with Gasteiger partial charge in [-0.05, 0) is 40.9 Å². The number of rotatable bonds is 2. The number of carbonyl (C=O) groups excluding carboxylic acids is 2. The predicted octanol–water partition coefficient (Wildman–Crippen LogP) is 2.99. The third kappa shape index (κ3) is 2.69. The van der Waals surface area contributed by atoms with E-state index in [1.807, 2.05) is 12.1 Å². The van der Waals surface area contributed by atoms with Crippen LogP contribution in [0.25, 0.3) is 0 Å². The number of hydrogen-bond donors (Lipinski definition) is 1. The van der Waals surface area contributed by atoms with Crippen LogP contribution in [0.2, 0.25) is 0 Å². The van der Waals surface area contributed by atoms with Gasteiger partial charge in [-0.25, -0.2) is 4.79 Å². The van der Waals surface area contributed by atoms with Gasteiger partial charge in [0.2, 0.25) is 0 Å². The van der Waals surface area contributed by atoms with Gasteiger partial charge >= 0.3 is 6.03 Å². The fourth-order valence-electron chi connectivity index (χ4n) is 3.29. The molecule has 6 heteroatoms. The fraction of sp³-hybridized carbons (Fsp3) is 0.533. The predicted molar refractivity (Wildman–Crippen MR) is 81.5 cm³/mol. The Balaban J connectivity index is 1.88. The minimum Gasteiger partial charge on any atom is -0.304 e. The summed E-state index contributed by atoms with van der Waals surface area (Å²) in [6.07, 6.45) is 7.46. The van der Waals surface area contributed by atoms with E-state index in [0.29, 0.717) is 6.54 Å². The molecule has 1 saturated heterocycles. The average Bonchev–Trinajstić information content (AvgIpc) is 2.65. The maximum absolute atomic E-state index is 12.4. The number of amides is 3. The fourth-order valence-corrected chi connectivity index (χ4v) is 3.53. The maximum Gasteiger partial charge on any atom is 0.325 e. The number of urea groups is 1. The molecule has 21 heavy (non-hydrogen) atoms. The average molecular weight is 352 g/mol. The lowest BCUT2D eigenvalue weighted by Crippen LogP contribution is -2.49. The van der Waals surface area contributed by atoms with Gasteiger partial charge < -0.3 is 4.90 Å². The van der Waals surface area contributed by atoms with Crippen molar-refractivity contribution in [2.24, 2.45) is 0 Å². The van der Waals surface area contributed by atoms with Crippen LogP contribution in [-0.2, 0) is 11.3 Å². The van der Waals surface area contributed by atoms with E-state index in [4.69, 9.17) is 0 Å². The Morgan fingerprint density at radius 2 is 1.90 bits per heavy atom. The van der Waals surface area contributed by atoms with Crippen molar-refractivity contribution in [1.29, 1.82) is 0 Å². The molecule has 2 aliphatic rings.